The number of hydrogen-bond acceptors (Lipinski definition) is 2. The van der Waals surface area contributed by atoms with Crippen molar-refractivity contribution in [2.24, 2.45) is 4.99 Å². The molecule has 0 spiro atoms. The first-order valence-electron chi connectivity index (χ1n) is 12.6. The van der Waals surface area contributed by atoms with Crippen molar-refractivity contribution in [2.75, 3.05) is 0 Å². The van der Waals surface area contributed by atoms with Gasteiger partial charge in [-0.05, 0) is 53.6 Å². The summed E-state index contributed by atoms with van der Waals surface area (Å²) >= 11 is 0. The molecule has 6 aromatic rings. The molecule has 1 atom stereocenters. The molecule has 3 nitrogen and oxygen atoms in total. The predicted molar refractivity (Wildman–Crippen MR) is 154 cm³/mol. The molecule has 0 saturated carbocycles. The lowest BCUT2D eigenvalue weighted by Crippen LogP contribution is -2.31. The van der Waals surface area contributed by atoms with Gasteiger partial charge in [0.1, 0.15) is 5.84 Å². The quantitative estimate of drug-likeness (QED) is 0.276. The lowest BCUT2D eigenvalue weighted by molar-refractivity contribution is 0.781. The third kappa shape index (κ3) is 3.82. The van der Waals surface area contributed by atoms with Crippen LogP contribution in [0.5, 0.6) is 0 Å². The first-order chi connectivity index (χ1) is 18.3. The molecule has 5 aromatic carbocycles. The van der Waals surface area contributed by atoms with Crippen molar-refractivity contribution >= 4 is 33.3 Å². The van der Waals surface area contributed by atoms with Gasteiger partial charge in [-0.2, -0.15) is 0 Å². The number of aromatic nitrogens is 1. The summed E-state index contributed by atoms with van der Waals surface area (Å²) in [5, 5.41) is 6.20. The van der Waals surface area contributed by atoms with Crippen molar-refractivity contribution in [3.8, 4) is 5.69 Å². The molecule has 0 bridgehead atoms. The third-order valence-corrected chi connectivity index (χ3v) is 7.06. The van der Waals surface area contributed by atoms with E-state index in [0.29, 0.717) is 0 Å². The largest absolute Gasteiger partial charge is 0.359 e. The highest BCUT2D eigenvalue weighted by atomic mass is 15.0. The molecule has 3 heteroatoms. The zero-order valence-electron chi connectivity index (χ0n) is 20.3. The lowest BCUT2D eigenvalue weighted by atomic mass is 10.0. The molecule has 0 radical (unpaired) electrons. The zero-order valence-corrected chi connectivity index (χ0v) is 20.3. The highest BCUT2D eigenvalue weighted by Gasteiger charge is 2.20. The van der Waals surface area contributed by atoms with Gasteiger partial charge in [0, 0.05) is 22.0 Å². The molecule has 37 heavy (non-hydrogen) atoms. The maximum absolute atomic E-state index is 5.05. The Labute approximate surface area is 216 Å². The molecule has 0 saturated heterocycles. The van der Waals surface area contributed by atoms with E-state index in [4.69, 9.17) is 4.99 Å². The summed E-state index contributed by atoms with van der Waals surface area (Å²) in [6.07, 6.45) is 2.21. The van der Waals surface area contributed by atoms with Gasteiger partial charge in [0.15, 0.2) is 0 Å². The number of para-hydroxylation sites is 2. The van der Waals surface area contributed by atoms with Crippen LogP contribution in [0.2, 0.25) is 0 Å². The second kappa shape index (κ2) is 8.96. The van der Waals surface area contributed by atoms with Gasteiger partial charge in [0.05, 0.1) is 22.8 Å². The Morgan fingerprint density at radius 3 is 1.76 bits per heavy atom. The number of nitrogens with zero attached hydrogens (tertiary/aromatic N) is 2. The fraction of sp³-hybridized carbons (Fsp3) is 0.0294. The average Bonchev–Trinajstić information content (AvgIpc) is 3.32. The highest BCUT2D eigenvalue weighted by molar-refractivity contribution is 6.09. The van der Waals surface area contributed by atoms with Crippen LogP contribution >= 0.6 is 0 Å². The Bertz CT molecular complexity index is 1720. The molecule has 1 aliphatic rings. The fourth-order valence-electron chi connectivity index (χ4n) is 5.26. The van der Waals surface area contributed by atoms with Gasteiger partial charge in [-0.25, -0.2) is 4.99 Å². The average molecular weight is 476 g/mol. The van der Waals surface area contributed by atoms with Crippen molar-refractivity contribution in [1.29, 1.82) is 0 Å². The van der Waals surface area contributed by atoms with Crippen LogP contribution in [-0.2, 0) is 0 Å². The van der Waals surface area contributed by atoms with E-state index in [1.807, 2.05) is 6.07 Å². The fourth-order valence-corrected chi connectivity index (χ4v) is 5.26. The molecule has 7 rings (SSSR count). The SMILES string of the molecule is C1=C(c2ccccc2)N=C(c2ccc(-n3c4ccccc4c4ccccc43)cc2)NC1c1ccccc1. The Hall–Kier alpha value is -4.89. The molecule has 1 N–H and O–H groups in total. The second-order valence-electron chi connectivity index (χ2n) is 9.33. The van der Waals surface area contributed by atoms with Gasteiger partial charge >= 0.3 is 0 Å². The number of amidine groups is 1. The van der Waals surface area contributed by atoms with Gasteiger partial charge in [-0.3, -0.25) is 0 Å². The number of rotatable bonds is 4. The molecule has 1 unspecified atom stereocenters. The van der Waals surface area contributed by atoms with Crippen molar-refractivity contribution in [3.63, 3.8) is 0 Å². The number of hydrogen-bond donors (Lipinski definition) is 1. The van der Waals surface area contributed by atoms with Gasteiger partial charge in [0.2, 0.25) is 0 Å². The summed E-state index contributed by atoms with van der Waals surface area (Å²) in [5.41, 5.74) is 7.93. The van der Waals surface area contributed by atoms with E-state index < -0.39 is 0 Å². The Kier molecular flexibility index (Phi) is 5.18. The van der Waals surface area contributed by atoms with Crippen molar-refractivity contribution in [3.05, 3.63) is 156 Å². The Morgan fingerprint density at radius 1 is 0.541 bits per heavy atom. The first kappa shape index (κ1) is 21.4. The molecule has 176 valence electrons. The van der Waals surface area contributed by atoms with Gasteiger partial charge < -0.3 is 9.88 Å². The van der Waals surface area contributed by atoms with Crippen molar-refractivity contribution < 1.29 is 0 Å². The Balaban J connectivity index is 1.31. The summed E-state index contributed by atoms with van der Waals surface area (Å²) in [7, 11) is 0. The zero-order chi connectivity index (χ0) is 24.6. The number of fused-ring (bicyclic) bond motifs is 3. The van der Waals surface area contributed by atoms with Gasteiger partial charge in [-0.1, -0.05) is 97.1 Å². The van der Waals surface area contributed by atoms with Crippen LogP contribution < -0.4 is 5.32 Å². The molecular weight excluding hydrogens is 450 g/mol. The highest BCUT2D eigenvalue weighted by Crippen LogP contribution is 2.32. The van der Waals surface area contributed by atoms with Crippen LogP contribution in [0.15, 0.2) is 145 Å². The van der Waals surface area contributed by atoms with Gasteiger partial charge in [0.25, 0.3) is 0 Å². The summed E-state index contributed by atoms with van der Waals surface area (Å²) in [5.74, 6) is 0.879. The van der Waals surface area contributed by atoms with Crippen LogP contribution in [0, 0.1) is 0 Å². The van der Waals surface area contributed by atoms with Crippen molar-refractivity contribution in [1.82, 2.24) is 9.88 Å². The molecule has 2 heterocycles. The first-order valence-corrected chi connectivity index (χ1v) is 12.6. The summed E-state index contributed by atoms with van der Waals surface area (Å²) in [6, 6.07) is 46.9. The van der Waals surface area contributed by atoms with E-state index in [0.717, 1.165) is 28.3 Å². The smallest absolute Gasteiger partial charge is 0.134 e. The van der Waals surface area contributed by atoms with Crippen LogP contribution in [0.1, 0.15) is 22.7 Å². The number of benzene rings is 5. The van der Waals surface area contributed by atoms with E-state index in [9.17, 15) is 0 Å². The molecule has 1 aliphatic heterocycles. The molecule has 0 aliphatic carbocycles. The second-order valence-corrected chi connectivity index (χ2v) is 9.33. The molecular formula is C34H25N3. The minimum Gasteiger partial charge on any atom is -0.359 e. The number of aliphatic imine (C=N–C) groups is 1. The van der Waals surface area contributed by atoms with Crippen molar-refractivity contribution in [2.45, 2.75) is 6.04 Å². The minimum absolute atomic E-state index is 0.0425. The minimum atomic E-state index is 0.0425. The maximum Gasteiger partial charge on any atom is 0.134 e. The van der Waals surface area contributed by atoms with Crippen LogP contribution in [0.25, 0.3) is 33.2 Å². The van der Waals surface area contributed by atoms with E-state index in [1.54, 1.807) is 0 Å². The standard InChI is InChI=1S/C34H25N3/c1-3-11-24(12-4-1)30-23-31(25-13-5-2-6-14-25)36-34(35-30)26-19-21-27(22-20-26)37-32-17-9-7-15-28(32)29-16-8-10-18-33(29)37/h1-23,30H,(H,35,36). The van der Waals surface area contributed by atoms with E-state index in [1.165, 1.54) is 27.4 Å². The predicted octanol–water partition coefficient (Wildman–Crippen LogP) is 7.92. The van der Waals surface area contributed by atoms with Crippen LogP contribution in [0.3, 0.4) is 0 Å². The van der Waals surface area contributed by atoms with E-state index in [2.05, 4.69) is 143 Å². The Morgan fingerprint density at radius 2 is 1.11 bits per heavy atom. The summed E-state index contributed by atoms with van der Waals surface area (Å²) < 4.78 is 2.34. The summed E-state index contributed by atoms with van der Waals surface area (Å²) in [4.78, 5) is 5.05. The number of nitrogens with one attached hydrogen (secondary N) is 1. The maximum atomic E-state index is 5.05. The summed E-state index contributed by atoms with van der Waals surface area (Å²) in [6.45, 7) is 0. The molecule has 0 amide bonds. The van der Waals surface area contributed by atoms with Crippen LogP contribution in [-0.4, -0.2) is 10.4 Å². The molecule has 1 aromatic heterocycles. The molecule has 0 fully saturated rings. The van der Waals surface area contributed by atoms with Gasteiger partial charge in [-0.15, -0.1) is 0 Å². The normalized spacial score (nSPS) is 15.3. The van der Waals surface area contributed by atoms with E-state index >= 15 is 0 Å². The topological polar surface area (TPSA) is 29.3 Å². The monoisotopic (exact) mass is 475 g/mol. The third-order valence-electron chi connectivity index (χ3n) is 7.06. The van der Waals surface area contributed by atoms with Crippen LogP contribution in [0.4, 0.5) is 0 Å². The van der Waals surface area contributed by atoms with E-state index in [-0.39, 0.29) is 6.04 Å². The lowest BCUT2D eigenvalue weighted by Gasteiger charge is -2.24.